The average Bonchev–Trinajstić information content (AvgIpc) is 2.55. The molecule has 2 N–H and O–H groups in total. The molecule has 1 aromatic rings. The fourth-order valence-electron chi connectivity index (χ4n) is 1.38. The zero-order chi connectivity index (χ0) is 12.1. The third kappa shape index (κ3) is 3.57. The number of aryl methyl sites for hydroxylation is 2. The van der Waals surface area contributed by atoms with E-state index < -0.39 is 0 Å². The largest absolute Gasteiger partial charge is 0.362 e. The van der Waals surface area contributed by atoms with Crippen LogP contribution in [0.2, 0.25) is 0 Å². The minimum Gasteiger partial charge on any atom is -0.362 e. The molecule has 0 atom stereocenters. The standard InChI is InChI=1S/C11H17N3S2/c1-5-12-11(15)14-13-8(3)10-6-7(2)16-9(10)4/h6H,5H2,1-4H3,(H2,12,14,15)/b13-8-. The second-order valence-corrected chi connectivity index (χ2v) is 5.36. The van der Waals surface area contributed by atoms with Gasteiger partial charge in [0.05, 0.1) is 5.71 Å². The van der Waals surface area contributed by atoms with Gasteiger partial charge in [0.15, 0.2) is 5.11 Å². The summed E-state index contributed by atoms with van der Waals surface area (Å²) in [6, 6.07) is 2.15. The summed E-state index contributed by atoms with van der Waals surface area (Å²) in [5, 5.41) is 7.81. The first-order valence-electron chi connectivity index (χ1n) is 5.20. The van der Waals surface area contributed by atoms with E-state index in [9.17, 15) is 0 Å². The lowest BCUT2D eigenvalue weighted by Gasteiger charge is -2.05. The van der Waals surface area contributed by atoms with Crippen molar-refractivity contribution >= 4 is 34.4 Å². The van der Waals surface area contributed by atoms with Crippen LogP contribution in [-0.2, 0) is 0 Å². The molecular formula is C11H17N3S2. The molecule has 88 valence electrons. The lowest BCUT2D eigenvalue weighted by Crippen LogP contribution is -2.32. The van der Waals surface area contributed by atoms with Crippen LogP contribution in [0.3, 0.4) is 0 Å². The molecule has 5 heteroatoms. The molecule has 0 aliphatic heterocycles. The maximum Gasteiger partial charge on any atom is 0.186 e. The highest BCUT2D eigenvalue weighted by atomic mass is 32.1. The van der Waals surface area contributed by atoms with E-state index >= 15 is 0 Å². The SMILES string of the molecule is CCNC(=S)N/N=C(/C)c1cc(C)sc1C. The Labute approximate surface area is 106 Å². The number of hydrazone groups is 1. The van der Waals surface area contributed by atoms with Gasteiger partial charge in [-0.2, -0.15) is 5.10 Å². The van der Waals surface area contributed by atoms with E-state index in [0.717, 1.165) is 12.3 Å². The normalized spacial score (nSPS) is 11.4. The van der Waals surface area contributed by atoms with Crippen molar-refractivity contribution in [3.63, 3.8) is 0 Å². The first kappa shape index (κ1) is 13.1. The number of hydrogen-bond acceptors (Lipinski definition) is 3. The first-order valence-corrected chi connectivity index (χ1v) is 6.42. The van der Waals surface area contributed by atoms with Crippen molar-refractivity contribution in [2.75, 3.05) is 6.54 Å². The molecule has 0 spiro atoms. The molecule has 0 aliphatic rings. The predicted molar refractivity (Wildman–Crippen MR) is 75.4 cm³/mol. The highest BCUT2D eigenvalue weighted by Crippen LogP contribution is 2.20. The number of nitrogens with one attached hydrogen (secondary N) is 2. The van der Waals surface area contributed by atoms with E-state index in [1.54, 1.807) is 11.3 Å². The molecule has 1 rings (SSSR count). The minimum absolute atomic E-state index is 0.562. The molecule has 0 radical (unpaired) electrons. The third-order valence-corrected chi connectivity index (χ3v) is 3.29. The molecule has 0 amide bonds. The van der Waals surface area contributed by atoms with Crippen LogP contribution in [-0.4, -0.2) is 17.4 Å². The minimum atomic E-state index is 0.562. The Kier molecular flexibility index (Phi) is 4.89. The first-order chi connectivity index (χ1) is 7.54. The van der Waals surface area contributed by atoms with Gasteiger partial charge in [-0.15, -0.1) is 11.3 Å². The average molecular weight is 255 g/mol. The fraction of sp³-hybridized carbons (Fsp3) is 0.455. The zero-order valence-electron chi connectivity index (χ0n) is 10.0. The Morgan fingerprint density at radius 2 is 2.19 bits per heavy atom. The van der Waals surface area contributed by atoms with Crippen LogP contribution in [0.5, 0.6) is 0 Å². The Hall–Kier alpha value is -0.940. The molecule has 16 heavy (non-hydrogen) atoms. The van der Waals surface area contributed by atoms with Crippen molar-refractivity contribution in [2.45, 2.75) is 27.7 Å². The van der Waals surface area contributed by atoms with Crippen molar-refractivity contribution in [2.24, 2.45) is 5.10 Å². The summed E-state index contributed by atoms with van der Waals surface area (Å²) < 4.78 is 0. The Morgan fingerprint density at radius 1 is 1.50 bits per heavy atom. The van der Waals surface area contributed by atoms with Crippen LogP contribution in [0, 0.1) is 13.8 Å². The van der Waals surface area contributed by atoms with E-state index in [-0.39, 0.29) is 0 Å². The van der Waals surface area contributed by atoms with Gasteiger partial charge in [0.25, 0.3) is 0 Å². The molecular weight excluding hydrogens is 238 g/mol. The molecule has 0 bridgehead atoms. The van der Waals surface area contributed by atoms with Gasteiger partial charge in [0.2, 0.25) is 0 Å². The summed E-state index contributed by atoms with van der Waals surface area (Å²) in [5.74, 6) is 0. The molecule has 1 aromatic heterocycles. The molecule has 0 aliphatic carbocycles. The van der Waals surface area contributed by atoms with Crippen molar-refractivity contribution in [1.82, 2.24) is 10.7 Å². The molecule has 0 unspecified atom stereocenters. The van der Waals surface area contributed by atoms with Gasteiger partial charge >= 0.3 is 0 Å². The topological polar surface area (TPSA) is 36.4 Å². The number of hydrogen-bond donors (Lipinski definition) is 2. The molecule has 0 saturated heterocycles. The van der Waals surface area contributed by atoms with E-state index in [1.807, 2.05) is 13.8 Å². The van der Waals surface area contributed by atoms with E-state index in [2.05, 4.69) is 35.8 Å². The Morgan fingerprint density at radius 3 is 2.69 bits per heavy atom. The molecule has 0 saturated carbocycles. The fourth-order valence-corrected chi connectivity index (χ4v) is 2.55. The summed E-state index contributed by atoms with van der Waals surface area (Å²) >= 11 is 6.82. The summed E-state index contributed by atoms with van der Waals surface area (Å²) in [5.41, 5.74) is 4.98. The van der Waals surface area contributed by atoms with E-state index in [4.69, 9.17) is 12.2 Å². The van der Waals surface area contributed by atoms with E-state index in [0.29, 0.717) is 5.11 Å². The predicted octanol–water partition coefficient (Wildman–Crippen LogP) is 2.57. The highest BCUT2D eigenvalue weighted by Gasteiger charge is 2.05. The van der Waals surface area contributed by atoms with Gasteiger partial charge in [0, 0.05) is 21.9 Å². The maximum atomic E-state index is 5.03. The highest BCUT2D eigenvalue weighted by molar-refractivity contribution is 7.80. The van der Waals surface area contributed by atoms with Crippen molar-refractivity contribution in [1.29, 1.82) is 0 Å². The lowest BCUT2D eigenvalue weighted by molar-refractivity contribution is 0.900. The van der Waals surface area contributed by atoms with Crippen LogP contribution in [0.25, 0.3) is 0 Å². The van der Waals surface area contributed by atoms with Gasteiger partial charge in [-0.25, -0.2) is 0 Å². The summed E-state index contributed by atoms with van der Waals surface area (Å²) in [4.78, 5) is 2.59. The van der Waals surface area contributed by atoms with Crippen LogP contribution < -0.4 is 10.7 Å². The third-order valence-electron chi connectivity index (χ3n) is 2.09. The van der Waals surface area contributed by atoms with Crippen LogP contribution in [0.1, 0.15) is 29.2 Å². The summed E-state index contributed by atoms with van der Waals surface area (Å²) in [6.45, 7) is 8.99. The van der Waals surface area contributed by atoms with Crippen LogP contribution in [0.4, 0.5) is 0 Å². The van der Waals surface area contributed by atoms with Crippen LogP contribution >= 0.6 is 23.6 Å². The smallest absolute Gasteiger partial charge is 0.186 e. The summed E-state index contributed by atoms with van der Waals surface area (Å²) in [7, 11) is 0. The quantitative estimate of drug-likeness (QED) is 0.495. The maximum absolute atomic E-state index is 5.03. The van der Waals surface area contributed by atoms with E-state index in [1.165, 1.54) is 15.3 Å². The van der Waals surface area contributed by atoms with Gasteiger partial charge in [0.1, 0.15) is 0 Å². The second-order valence-electron chi connectivity index (χ2n) is 3.50. The molecule has 0 aromatic carbocycles. The number of rotatable bonds is 3. The lowest BCUT2D eigenvalue weighted by atomic mass is 10.2. The van der Waals surface area contributed by atoms with Gasteiger partial charge in [-0.1, -0.05) is 0 Å². The Balaban J connectivity index is 2.70. The van der Waals surface area contributed by atoms with Gasteiger partial charge in [-0.3, -0.25) is 5.43 Å². The monoisotopic (exact) mass is 255 g/mol. The molecule has 1 heterocycles. The molecule has 3 nitrogen and oxygen atoms in total. The number of thiophene rings is 1. The number of nitrogens with zero attached hydrogens (tertiary/aromatic N) is 1. The second kappa shape index (κ2) is 5.96. The summed E-state index contributed by atoms with van der Waals surface area (Å²) in [6.07, 6.45) is 0. The number of thiocarbonyl (C=S) groups is 1. The zero-order valence-corrected chi connectivity index (χ0v) is 11.7. The van der Waals surface area contributed by atoms with Crippen molar-refractivity contribution < 1.29 is 0 Å². The van der Waals surface area contributed by atoms with Crippen molar-refractivity contribution in [3.8, 4) is 0 Å². The van der Waals surface area contributed by atoms with Gasteiger partial charge in [-0.05, 0) is 46.0 Å². The van der Waals surface area contributed by atoms with Gasteiger partial charge < -0.3 is 5.32 Å². The van der Waals surface area contributed by atoms with Crippen molar-refractivity contribution in [3.05, 3.63) is 21.4 Å². The Bertz CT molecular complexity index is 407. The molecule has 0 fully saturated rings. The van der Waals surface area contributed by atoms with Crippen LogP contribution in [0.15, 0.2) is 11.2 Å².